The van der Waals surface area contributed by atoms with Crippen LogP contribution in [0.15, 0.2) is 5.16 Å². The summed E-state index contributed by atoms with van der Waals surface area (Å²) in [6.45, 7) is 8.12. The molecule has 0 aliphatic heterocycles. The normalized spacial score (nSPS) is 12.4. The van der Waals surface area contributed by atoms with Crippen LogP contribution in [0.1, 0.15) is 32.6 Å². The van der Waals surface area contributed by atoms with Crippen molar-refractivity contribution < 1.29 is 14.7 Å². The zero-order valence-electron chi connectivity index (χ0n) is 12.1. The fraction of sp³-hybridized carbons (Fsp3) is 0.667. The maximum atomic E-state index is 12.1. The number of hydrogen-bond donors (Lipinski definition) is 2. The molecule has 0 aliphatic rings. The van der Waals surface area contributed by atoms with Crippen molar-refractivity contribution in [1.29, 1.82) is 0 Å². The predicted octanol–water partition coefficient (Wildman–Crippen LogP) is 1.10. The van der Waals surface area contributed by atoms with Gasteiger partial charge in [-0.2, -0.15) is 0 Å². The van der Waals surface area contributed by atoms with Crippen molar-refractivity contribution in [2.24, 2.45) is 5.92 Å². The lowest BCUT2D eigenvalue weighted by Crippen LogP contribution is -2.34. The lowest BCUT2D eigenvalue weighted by molar-refractivity contribution is -0.133. The largest absolute Gasteiger partial charge is 0.481 e. The van der Waals surface area contributed by atoms with Crippen LogP contribution >= 0.6 is 11.8 Å². The van der Waals surface area contributed by atoms with Gasteiger partial charge in [0, 0.05) is 6.54 Å². The summed E-state index contributed by atoms with van der Waals surface area (Å²) in [4.78, 5) is 22.7. The van der Waals surface area contributed by atoms with Gasteiger partial charge in [-0.1, -0.05) is 25.6 Å². The molecule has 1 aromatic heterocycles. The fourth-order valence-corrected chi connectivity index (χ4v) is 2.37. The molecule has 1 unspecified atom stereocenters. The third-order valence-electron chi connectivity index (χ3n) is 2.61. The van der Waals surface area contributed by atoms with E-state index in [0.717, 1.165) is 11.8 Å². The van der Waals surface area contributed by atoms with Crippen molar-refractivity contribution in [3.05, 3.63) is 5.82 Å². The van der Waals surface area contributed by atoms with E-state index in [2.05, 4.69) is 15.5 Å². The number of aromatic nitrogens is 3. The van der Waals surface area contributed by atoms with Gasteiger partial charge in [0.05, 0.1) is 5.75 Å². The molecule has 0 bridgehead atoms. The Kier molecular flexibility index (Phi) is 6.00. The van der Waals surface area contributed by atoms with Crippen molar-refractivity contribution >= 4 is 23.6 Å². The first-order valence-electron chi connectivity index (χ1n) is 6.36. The molecule has 0 fully saturated rings. The molecule has 1 atom stereocenters. The number of nitrogens with one attached hydrogen (secondary N) is 1. The predicted molar refractivity (Wildman–Crippen MR) is 75.7 cm³/mol. The summed E-state index contributed by atoms with van der Waals surface area (Å²) in [6.07, 6.45) is 0. The highest BCUT2D eigenvalue weighted by molar-refractivity contribution is 7.99. The Bertz CT molecular complexity index is 487. The summed E-state index contributed by atoms with van der Waals surface area (Å²) < 4.78 is 1.66. The van der Waals surface area contributed by atoms with E-state index in [1.54, 1.807) is 18.4 Å². The highest BCUT2D eigenvalue weighted by atomic mass is 32.2. The van der Waals surface area contributed by atoms with E-state index in [9.17, 15) is 9.59 Å². The Morgan fingerprint density at radius 2 is 2.00 bits per heavy atom. The standard InChI is InChI=1S/C12H20N4O3S/c1-7(2)5-13-11(19)8(3)16-9(4)14-15-12(16)20-6-10(17)18/h7-8H,5-6H2,1-4H3,(H,13,19)(H,17,18). The molecule has 1 heterocycles. The Hall–Kier alpha value is -1.57. The monoisotopic (exact) mass is 300 g/mol. The quantitative estimate of drug-likeness (QED) is 0.732. The molecule has 8 heteroatoms. The first-order chi connectivity index (χ1) is 9.32. The second kappa shape index (κ2) is 7.28. The lowest BCUT2D eigenvalue weighted by atomic mass is 10.2. The number of thioether (sulfide) groups is 1. The molecule has 1 rings (SSSR count). The molecule has 0 aromatic carbocycles. The van der Waals surface area contributed by atoms with Gasteiger partial charge in [-0.15, -0.1) is 10.2 Å². The maximum absolute atomic E-state index is 12.1. The maximum Gasteiger partial charge on any atom is 0.313 e. The molecule has 0 radical (unpaired) electrons. The number of nitrogens with zero attached hydrogens (tertiary/aromatic N) is 3. The molecule has 2 N–H and O–H groups in total. The molecule has 0 aliphatic carbocycles. The number of aliphatic carboxylic acids is 1. The zero-order chi connectivity index (χ0) is 15.3. The van der Waals surface area contributed by atoms with Crippen LogP contribution < -0.4 is 5.32 Å². The van der Waals surface area contributed by atoms with Crippen molar-refractivity contribution in [1.82, 2.24) is 20.1 Å². The first kappa shape index (κ1) is 16.5. The number of amides is 1. The summed E-state index contributed by atoms with van der Waals surface area (Å²) in [7, 11) is 0. The Morgan fingerprint density at radius 1 is 1.35 bits per heavy atom. The van der Waals surface area contributed by atoms with Crippen LogP contribution in [-0.2, 0) is 9.59 Å². The number of carbonyl (C=O) groups is 2. The second-order valence-electron chi connectivity index (χ2n) is 4.90. The van der Waals surface area contributed by atoms with Gasteiger partial charge >= 0.3 is 5.97 Å². The fourth-order valence-electron chi connectivity index (χ4n) is 1.59. The average Bonchev–Trinajstić information content (AvgIpc) is 2.73. The number of carboxylic acid groups (broad SMARTS) is 1. The molecule has 0 saturated heterocycles. The minimum atomic E-state index is -0.931. The number of rotatable bonds is 7. The van der Waals surface area contributed by atoms with Crippen LogP contribution in [0.25, 0.3) is 0 Å². The molecular weight excluding hydrogens is 280 g/mol. The van der Waals surface area contributed by atoms with Crippen LogP contribution in [0.3, 0.4) is 0 Å². The van der Waals surface area contributed by atoms with E-state index in [-0.39, 0.29) is 11.7 Å². The van der Waals surface area contributed by atoms with Gasteiger partial charge in [0.25, 0.3) is 0 Å². The van der Waals surface area contributed by atoms with Crippen LogP contribution in [0.2, 0.25) is 0 Å². The van der Waals surface area contributed by atoms with Crippen LogP contribution in [0.4, 0.5) is 0 Å². The topological polar surface area (TPSA) is 97.1 Å². The van der Waals surface area contributed by atoms with Gasteiger partial charge in [0.2, 0.25) is 5.91 Å². The zero-order valence-corrected chi connectivity index (χ0v) is 12.9. The summed E-state index contributed by atoms with van der Waals surface area (Å²) in [6, 6.07) is -0.472. The lowest BCUT2D eigenvalue weighted by Gasteiger charge is -2.17. The third kappa shape index (κ3) is 4.52. The van der Waals surface area contributed by atoms with Gasteiger partial charge in [0.15, 0.2) is 5.16 Å². The Labute approximate surface area is 122 Å². The molecule has 7 nitrogen and oxygen atoms in total. The number of aryl methyl sites for hydroxylation is 1. The molecule has 1 amide bonds. The summed E-state index contributed by atoms with van der Waals surface area (Å²) >= 11 is 1.06. The van der Waals surface area contributed by atoms with Crippen LogP contribution in [0, 0.1) is 12.8 Å². The average molecular weight is 300 g/mol. The van der Waals surface area contributed by atoms with Gasteiger partial charge < -0.3 is 10.4 Å². The second-order valence-corrected chi connectivity index (χ2v) is 5.84. The van der Waals surface area contributed by atoms with E-state index in [1.165, 1.54) is 0 Å². The molecule has 0 spiro atoms. The van der Waals surface area contributed by atoms with E-state index < -0.39 is 12.0 Å². The first-order valence-corrected chi connectivity index (χ1v) is 7.35. The minimum Gasteiger partial charge on any atom is -0.481 e. The van der Waals surface area contributed by atoms with E-state index in [1.807, 2.05) is 13.8 Å². The van der Waals surface area contributed by atoms with Crippen molar-refractivity contribution in [2.75, 3.05) is 12.3 Å². The molecule has 112 valence electrons. The van der Waals surface area contributed by atoms with E-state index in [4.69, 9.17) is 5.11 Å². The number of carboxylic acids is 1. The highest BCUT2D eigenvalue weighted by Crippen LogP contribution is 2.21. The van der Waals surface area contributed by atoms with Gasteiger partial charge in [-0.3, -0.25) is 14.2 Å². The van der Waals surface area contributed by atoms with Gasteiger partial charge in [0.1, 0.15) is 11.9 Å². The summed E-state index contributed by atoms with van der Waals surface area (Å²) in [5.74, 6) is -0.213. The Morgan fingerprint density at radius 3 is 2.55 bits per heavy atom. The molecule has 0 saturated carbocycles. The number of carbonyl (C=O) groups excluding carboxylic acids is 1. The smallest absolute Gasteiger partial charge is 0.313 e. The highest BCUT2D eigenvalue weighted by Gasteiger charge is 2.21. The molecule has 20 heavy (non-hydrogen) atoms. The summed E-state index contributed by atoms with van der Waals surface area (Å²) in [5, 5.41) is 19.8. The number of hydrogen-bond acceptors (Lipinski definition) is 5. The van der Waals surface area contributed by atoms with Crippen LogP contribution in [0.5, 0.6) is 0 Å². The minimum absolute atomic E-state index is 0.113. The van der Waals surface area contributed by atoms with E-state index >= 15 is 0 Å². The van der Waals surface area contributed by atoms with E-state index in [0.29, 0.717) is 23.4 Å². The van der Waals surface area contributed by atoms with Crippen molar-refractivity contribution in [2.45, 2.75) is 38.9 Å². The Balaban J connectivity index is 2.80. The van der Waals surface area contributed by atoms with Crippen molar-refractivity contribution in [3.8, 4) is 0 Å². The summed E-state index contributed by atoms with van der Waals surface area (Å²) in [5.41, 5.74) is 0. The third-order valence-corrected chi connectivity index (χ3v) is 3.54. The molecule has 1 aromatic rings. The SMILES string of the molecule is Cc1nnc(SCC(=O)O)n1C(C)C(=O)NCC(C)C. The van der Waals surface area contributed by atoms with Crippen molar-refractivity contribution in [3.63, 3.8) is 0 Å². The van der Waals surface area contributed by atoms with Crippen LogP contribution in [-0.4, -0.2) is 44.0 Å². The van der Waals surface area contributed by atoms with Gasteiger partial charge in [-0.05, 0) is 19.8 Å². The molecular formula is C12H20N4O3S. The van der Waals surface area contributed by atoms with Gasteiger partial charge in [-0.25, -0.2) is 0 Å².